The zero-order chi connectivity index (χ0) is 5.58. The minimum atomic E-state index is -0.667. The van der Waals surface area contributed by atoms with E-state index in [1.807, 2.05) is 0 Å². The number of hydrogen-bond acceptors (Lipinski definition) is 0. The van der Waals surface area contributed by atoms with Crippen LogP contribution in [0.2, 0.25) is 0 Å². The molecule has 0 atom stereocenters. The van der Waals surface area contributed by atoms with Crippen LogP contribution in [0.5, 0.6) is 0 Å². The van der Waals surface area contributed by atoms with E-state index in [0.717, 1.165) is 0 Å². The van der Waals surface area contributed by atoms with Gasteiger partial charge < -0.3 is 0 Å². The SMILES string of the molecule is [AlH2][SiH3].[P]#[Fe](#[P])#[P]. The second kappa shape index (κ2) is 10.5. The molecule has 0 aliphatic heterocycles. The molecular formula is H5AlFeP3Si. The molecule has 0 aromatic carbocycles. The van der Waals surface area contributed by atoms with Gasteiger partial charge in [-0.15, -0.1) is 0 Å². The van der Waals surface area contributed by atoms with Crippen molar-refractivity contribution in [3.63, 3.8) is 0 Å². The van der Waals surface area contributed by atoms with Crippen molar-refractivity contribution in [1.29, 1.82) is 0 Å². The summed E-state index contributed by atoms with van der Waals surface area (Å²) >= 11 is 1.44. The van der Waals surface area contributed by atoms with E-state index >= 15 is 0 Å². The first-order valence-corrected chi connectivity index (χ1v) is 14.9. The predicted octanol–water partition coefficient (Wildman–Crippen LogP) is 0.481. The van der Waals surface area contributed by atoms with Gasteiger partial charge in [0.05, 0.1) is 0 Å². The van der Waals surface area contributed by atoms with Crippen LogP contribution >= 0.6 is 21.8 Å². The summed E-state index contributed by atoms with van der Waals surface area (Å²) in [4.78, 5) is 0. The van der Waals surface area contributed by atoms with Crippen LogP contribution in [0.1, 0.15) is 0 Å². The Kier molecular flexibility index (Phi) is 19.9. The Morgan fingerprint density at radius 2 is 1.17 bits per heavy atom. The van der Waals surface area contributed by atoms with E-state index in [4.69, 9.17) is 0 Å². The van der Waals surface area contributed by atoms with Gasteiger partial charge in [-0.1, -0.05) is 8.80 Å². The average molecular weight is 209 g/mol. The van der Waals surface area contributed by atoms with Crippen molar-refractivity contribution in [2.24, 2.45) is 0 Å². The molecule has 0 saturated heterocycles. The molecule has 6 heteroatoms. The van der Waals surface area contributed by atoms with Gasteiger partial charge in [0.15, 0.2) is 15.6 Å². The van der Waals surface area contributed by atoms with Crippen LogP contribution < -0.4 is 0 Å². The van der Waals surface area contributed by atoms with E-state index in [9.17, 15) is 0 Å². The van der Waals surface area contributed by atoms with Crippen molar-refractivity contribution in [3.05, 3.63) is 0 Å². The van der Waals surface area contributed by atoms with Gasteiger partial charge in [0, 0.05) is 0 Å². The summed E-state index contributed by atoms with van der Waals surface area (Å²) < 4.78 is 0. The summed E-state index contributed by atoms with van der Waals surface area (Å²) in [6.07, 6.45) is 0. The first kappa shape index (κ1) is 11.4. The fourth-order valence-corrected chi connectivity index (χ4v) is 0. The zero-order valence-corrected chi connectivity index (χ0v) is 11.5. The molecule has 35 valence electrons. The molecule has 0 amide bonds. The molecular weight excluding hydrogens is 204 g/mol. The minimum absolute atomic E-state index is 0.667. The molecule has 0 unspecified atom stereocenters. The summed E-state index contributed by atoms with van der Waals surface area (Å²) in [5.74, 6) is 0. The standard InChI is InChI=1S/Al.Fe.3P.H3Si.2H/h;;;;;1H3;;. The normalized spacial score (nSPS) is 4.83. The second-order valence-corrected chi connectivity index (χ2v) is 7.87. The molecule has 0 aliphatic carbocycles. The van der Waals surface area contributed by atoms with Crippen LogP contribution in [0.15, 0.2) is 0 Å². The predicted molar refractivity (Wildman–Crippen MR) is 39.2 cm³/mol. The maximum atomic E-state index is 3.78. The van der Waals surface area contributed by atoms with E-state index in [0.29, 0.717) is 0 Å². The summed E-state index contributed by atoms with van der Waals surface area (Å²) in [5.41, 5.74) is 0. The average Bonchev–Trinajstić information content (AvgIpc) is 1.41. The van der Waals surface area contributed by atoms with E-state index in [1.54, 1.807) is 0 Å². The Bertz CT molecular complexity index is 226. The maximum absolute atomic E-state index is 3.78. The van der Waals surface area contributed by atoms with E-state index in [2.05, 4.69) is 21.8 Å². The molecule has 0 N–H and O–H groups in total. The van der Waals surface area contributed by atoms with Gasteiger partial charge in [0.2, 0.25) is 0 Å². The molecule has 0 radical (unpaired) electrons. The van der Waals surface area contributed by atoms with Crippen LogP contribution in [-0.4, -0.2) is 24.4 Å². The third-order valence-electron chi connectivity index (χ3n) is 0. The van der Waals surface area contributed by atoms with Gasteiger partial charge in [-0.25, -0.2) is 0 Å². The molecule has 6 heavy (non-hydrogen) atoms. The van der Waals surface area contributed by atoms with Gasteiger partial charge in [-0.2, -0.15) is 0 Å². The quantitative estimate of drug-likeness (QED) is 0.402. The molecule has 0 aromatic rings. The van der Waals surface area contributed by atoms with Crippen molar-refractivity contribution < 1.29 is 10.5 Å². The molecule has 0 nitrogen and oxygen atoms in total. The Labute approximate surface area is 56.6 Å². The van der Waals surface area contributed by atoms with E-state index in [-0.39, 0.29) is 0 Å². The molecule has 0 aliphatic rings. The first-order valence-electron chi connectivity index (χ1n) is 1.47. The molecule has 0 bridgehead atoms. The van der Waals surface area contributed by atoms with Crippen molar-refractivity contribution in [1.82, 2.24) is 0 Å². The topological polar surface area (TPSA) is 0 Å². The molecule has 0 aromatic heterocycles. The van der Waals surface area contributed by atoms with Gasteiger partial charge in [-0.3, -0.25) is 0 Å². The van der Waals surface area contributed by atoms with Crippen molar-refractivity contribution in [2.45, 2.75) is 0 Å². The Hall–Kier alpha value is 2.56. The molecule has 0 rings (SSSR count). The van der Waals surface area contributed by atoms with Gasteiger partial charge in [0.1, 0.15) is 0 Å². The fraction of sp³-hybridized carbons (Fsp3) is 0. The van der Waals surface area contributed by atoms with E-state index < -0.39 is 10.5 Å². The van der Waals surface area contributed by atoms with Gasteiger partial charge in [-0.05, 0) is 0 Å². The molecule has 0 saturated carbocycles. The third-order valence-corrected chi connectivity index (χ3v) is 0. The number of rotatable bonds is 0. The summed E-state index contributed by atoms with van der Waals surface area (Å²) in [6, 6.07) is 0. The Morgan fingerprint density at radius 3 is 1.17 bits per heavy atom. The van der Waals surface area contributed by atoms with Gasteiger partial charge >= 0.3 is 32.3 Å². The summed E-state index contributed by atoms with van der Waals surface area (Å²) in [7, 11) is 12.1. The monoisotopic (exact) mass is 209 g/mol. The van der Waals surface area contributed by atoms with E-state index in [1.165, 1.54) is 24.4 Å². The van der Waals surface area contributed by atoms with Crippen LogP contribution in [0.25, 0.3) is 0 Å². The number of hydrogen-bond donors (Lipinski definition) is 0. The third kappa shape index (κ3) is 31.0. The van der Waals surface area contributed by atoms with Crippen LogP contribution in [0.4, 0.5) is 0 Å². The zero-order valence-electron chi connectivity index (χ0n) is 3.70. The molecule has 0 heterocycles. The molecule has 0 fully saturated rings. The first-order chi connectivity index (χ1) is 2.73. The Morgan fingerprint density at radius 1 is 1.17 bits per heavy atom. The van der Waals surface area contributed by atoms with Crippen LogP contribution in [-0.2, 0) is 10.5 Å². The summed E-state index contributed by atoms with van der Waals surface area (Å²) in [5, 5.41) is 0. The van der Waals surface area contributed by atoms with Crippen LogP contribution in [0.3, 0.4) is 0 Å². The van der Waals surface area contributed by atoms with Crippen molar-refractivity contribution >= 4 is 46.3 Å². The Balaban J connectivity index is 0. The molecule has 0 spiro atoms. The van der Waals surface area contributed by atoms with Crippen molar-refractivity contribution in [2.75, 3.05) is 0 Å². The summed E-state index contributed by atoms with van der Waals surface area (Å²) in [6.45, 7) is 0. The second-order valence-electron chi connectivity index (χ2n) is 0.212. The van der Waals surface area contributed by atoms with Crippen LogP contribution in [0, 0.1) is 0 Å². The van der Waals surface area contributed by atoms with Gasteiger partial charge in [0.25, 0.3) is 0 Å². The fourth-order valence-electron chi connectivity index (χ4n) is 0. The van der Waals surface area contributed by atoms with Crippen molar-refractivity contribution in [3.8, 4) is 0 Å².